The summed E-state index contributed by atoms with van der Waals surface area (Å²) in [6.45, 7) is 3.88. The van der Waals surface area contributed by atoms with Crippen molar-refractivity contribution in [2.75, 3.05) is 18.0 Å². The second kappa shape index (κ2) is 6.26. The van der Waals surface area contributed by atoms with Gasteiger partial charge in [-0.2, -0.15) is 0 Å². The van der Waals surface area contributed by atoms with Gasteiger partial charge in [0.05, 0.1) is 12.2 Å². The summed E-state index contributed by atoms with van der Waals surface area (Å²) in [6, 6.07) is 11.8. The van der Waals surface area contributed by atoms with Gasteiger partial charge in [-0.15, -0.1) is 0 Å². The number of phenolic OH excluding ortho intramolecular Hbond substituents is 1. The van der Waals surface area contributed by atoms with E-state index in [9.17, 15) is 9.50 Å². The zero-order valence-corrected chi connectivity index (χ0v) is 12.6. The number of hydrogen-bond donors (Lipinski definition) is 1. The zero-order chi connectivity index (χ0) is 15.5. The molecule has 4 heteroatoms. The van der Waals surface area contributed by atoms with Crippen LogP contribution in [0.1, 0.15) is 18.9 Å². The predicted molar refractivity (Wildman–Crippen MR) is 85.1 cm³/mol. The zero-order valence-electron chi connectivity index (χ0n) is 12.6. The van der Waals surface area contributed by atoms with E-state index >= 15 is 0 Å². The minimum Gasteiger partial charge on any atom is -0.508 e. The average Bonchev–Trinajstić information content (AvgIpc) is 2.49. The van der Waals surface area contributed by atoms with Crippen molar-refractivity contribution in [1.82, 2.24) is 0 Å². The molecule has 3 rings (SSSR count). The van der Waals surface area contributed by atoms with Gasteiger partial charge in [-0.1, -0.05) is 19.1 Å². The largest absolute Gasteiger partial charge is 0.508 e. The second-order valence-electron chi connectivity index (χ2n) is 5.67. The van der Waals surface area contributed by atoms with Gasteiger partial charge in [0.2, 0.25) is 0 Å². The number of anilines is 1. The normalized spacial score (nSPS) is 17.0. The van der Waals surface area contributed by atoms with Crippen LogP contribution in [0.5, 0.6) is 11.5 Å². The average molecular weight is 301 g/mol. The van der Waals surface area contributed by atoms with Crippen molar-refractivity contribution in [3.05, 3.63) is 53.8 Å². The summed E-state index contributed by atoms with van der Waals surface area (Å²) in [7, 11) is 0. The number of benzene rings is 2. The lowest BCUT2D eigenvalue weighted by Crippen LogP contribution is -2.41. The SMILES string of the molecule is CCCN1CC(Cc2ccc(F)cc2)Oc2cc(O)ccc21. The van der Waals surface area contributed by atoms with Gasteiger partial charge in [-0.25, -0.2) is 4.39 Å². The van der Waals surface area contributed by atoms with Crippen LogP contribution in [0.25, 0.3) is 0 Å². The Labute approximate surface area is 130 Å². The molecule has 1 aliphatic rings. The number of rotatable bonds is 4. The van der Waals surface area contributed by atoms with Crippen molar-refractivity contribution in [2.24, 2.45) is 0 Å². The standard InChI is InChI=1S/C18H20FNO2/c1-2-9-20-12-16(10-13-3-5-14(19)6-4-13)22-18-11-15(21)7-8-17(18)20/h3-8,11,16,21H,2,9-10,12H2,1H3. The molecule has 0 fully saturated rings. The smallest absolute Gasteiger partial charge is 0.146 e. The van der Waals surface area contributed by atoms with Crippen LogP contribution in [0.4, 0.5) is 10.1 Å². The lowest BCUT2D eigenvalue weighted by molar-refractivity contribution is 0.193. The highest BCUT2D eigenvalue weighted by molar-refractivity contribution is 5.62. The van der Waals surface area contributed by atoms with Crippen molar-refractivity contribution in [3.8, 4) is 11.5 Å². The van der Waals surface area contributed by atoms with Crippen LogP contribution in [0.2, 0.25) is 0 Å². The third-order valence-corrected chi connectivity index (χ3v) is 3.87. The van der Waals surface area contributed by atoms with Crippen molar-refractivity contribution in [1.29, 1.82) is 0 Å². The molecule has 0 bridgehead atoms. The molecule has 0 saturated heterocycles. The fourth-order valence-electron chi connectivity index (χ4n) is 2.89. The molecule has 1 aliphatic heterocycles. The molecular formula is C18H20FNO2. The van der Waals surface area contributed by atoms with Crippen LogP contribution in [-0.4, -0.2) is 24.3 Å². The van der Waals surface area contributed by atoms with E-state index in [0.717, 1.165) is 37.2 Å². The lowest BCUT2D eigenvalue weighted by Gasteiger charge is -2.36. The molecule has 0 saturated carbocycles. The molecule has 0 amide bonds. The van der Waals surface area contributed by atoms with E-state index in [-0.39, 0.29) is 17.7 Å². The van der Waals surface area contributed by atoms with Gasteiger partial charge in [0.15, 0.2) is 0 Å². The van der Waals surface area contributed by atoms with Crippen LogP contribution in [0, 0.1) is 5.82 Å². The molecule has 0 radical (unpaired) electrons. The molecular weight excluding hydrogens is 281 g/mol. The number of ether oxygens (including phenoxy) is 1. The third kappa shape index (κ3) is 3.16. The molecule has 3 nitrogen and oxygen atoms in total. The molecule has 1 atom stereocenters. The van der Waals surface area contributed by atoms with Gasteiger partial charge in [-0.05, 0) is 36.2 Å². The molecule has 2 aromatic rings. The summed E-state index contributed by atoms with van der Waals surface area (Å²) in [5.41, 5.74) is 2.07. The van der Waals surface area contributed by atoms with Gasteiger partial charge in [0.1, 0.15) is 23.4 Å². The molecule has 22 heavy (non-hydrogen) atoms. The molecule has 1 N–H and O–H groups in total. The van der Waals surface area contributed by atoms with E-state index in [0.29, 0.717) is 5.75 Å². The topological polar surface area (TPSA) is 32.7 Å². The fraction of sp³-hybridized carbons (Fsp3) is 0.333. The molecule has 1 unspecified atom stereocenters. The fourth-order valence-corrected chi connectivity index (χ4v) is 2.89. The highest BCUT2D eigenvalue weighted by Crippen LogP contribution is 2.36. The second-order valence-corrected chi connectivity index (χ2v) is 5.67. The van der Waals surface area contributed by atoms with Gasteiger partial charge in [-0.3, -0.25) is 0 Å². The summed E-state index contributed by atoms with van der Waals surface area (Å²) < 4.78 is 19.0. The Balaban J connectivity index is 1.81. The first-order chi connectivity index (χ1) is 10.7. The van der Waals surface area contributed by atoms with Gasteiger partial charge >= 0.3 is 0 Å². The monoisotopic (exact) mass is 301 g/mol. The third-order valence-electron chi connectivity index (χ3n) is 3.87. The maximum absolute atomic E-state index is 13.0. The Morgan fingerprint density at radius 3 is 2.73 bits per heavy atom. The molecule has 116 valence electrons. The van der Waals surface area contributed by atoms with E-state index in [4.69, 9.17) is 4.74 Å². The van der Waals surface area contributed by atoms with E-state index in [1.807, 2.05) is 6.07 Å². The maximum Gasteiger partial charge on any atom is 0.146 e. The van der Waals surface area contributed by atoms with Crippen LogP contribution < -0.4 is 9.64 Å². The Morgan fingerprint density at radius 2 is 2.00 bits per heavy atom. The Kier molecular flexibility index (Phi) is 4.18. The van der Waals surface area contributed by atoms with Crippen LogP contribution in [-0.2, 0) is 6.42 Å². The summed E-state index contributed by atoms with van der Waals surface area (Å²) in [5, 5.41) is 9.67. The molecule has 0 aromatic heterocycles. The van der Waals surface area contributed by atoms with Crippen LogP contribution in [0.15, 0.2) is 42.5 Å². The minimum absolute atomic E-state index is 0.00805. The first-order valence-corrected chi connectivity index (χ1v) is 7.65. The first-order valence-electron chi connectivity index (χ1n) is 7.65. The van der Waals surface area contributed by atoms with E-state index in [2.05, 4.69) is 11.8 Å². The summed E-state index contributed by atoms with van der Waals surface area (Å²) >= 11 is 0. The Bertz CT molecular complexity index is 642. The number of aromatic hydroxyl groups is 1. The Hall–Kier alpha value is -2.23. The molecule has 2 aromatic carbocycles. The minimum atomic E-state index is -0.226. The Morgan fingerprint density at radius 1 is 1.23 bits per heavy atom. The first kappa shape index (κ1) is 14.7. The van der Waals surface area contributed by atoms with Gasteiger partial charge < -0.3 is 14.7 Å². The van der Waals surface area contributed by atoms with Gasteiger partial charge in [0, 0.05) is 19.0 Å². The number of halogens is 1. The van der Waals surface area contributed by atoms with Gasteiger partial charge in [0.25, 0.3) is 0 Å². The highest BCUT2D eigenvalue weighted by atomic mass is 19.1. The summed E-state index contributed by atoms with van der Waals surface area (Å²) in [6.07, 6.45) is 1.76. The number of nitrogens with zero attached hydrogens (tertiary/aromatic N) is 1. The van der Waals surface area contributed by atoms with E-state index < -0.39 is 0 Å². The molecule has 1 heterocycles. The number of phenols is 1. The van der Waals surface area contributed by atoms with Crippen molar-refractivity contribution in [2.45, 2.75) is 25.9 Å². The molecule has 0 aliphatic carbocycles. The predicted octanol–water partition coefficient (Wildman–Crippen LogP) is 3.75. The van der Waals surface area contributed by atoms with Crippen molar-refractivity contribution < 1.29 is 14.2 Å². The highest BCUT2D eigenvalue weighted by Gasteiger charge is 2.25. The van der Waals surface area contributed by atoms with E-state index in [1.54, 1.807) is 24.3 Å². The number of fused-ring (bicyclic) bond motifs is 1. The van der Waals surface area contributed by atoms with E-state index in [1.165, 1.54) is 12.1 Å². The van der Waals surface area contributed by atoms with Crippen LogP contribution in [0.3, 0.4) is 0 Å². The van der Waals surface area contributed by atoms with Crippen molar-refractivity contribution in [3.63, 3.8) is 0 Å². The summed E-state index contributed by atoms with van der Waals surface area (Å²) in [4.78, 5) is 2.28. The number of hydrogen-bond acceptors (Lipinski definition) is 3. The quantitative estimate of drug-likeness (QED) is 0.933. The lowest BCUT2D eigenvalue weighted by atomic mass is 10.0. The summed E-state index contributed by atoms with van der Waals surface area (Å²) in [5.74, 6) is 0.695. The van der Waals surface area contributed by atoms with Crippen molar-refractivity contribution >= 4 is 5.69 Å². The van der Waals surface area contributed by atoms with Crippen LogP contribution >= 0.6 is 0 Å². The maximum atomic E-state index is 13.0. The molecule has 0 spiro atoms.